The number of hydrogen-bond donors (Lipinski definition) is 5. The Hall–Kier alpha value is -4.37. The third-order valence-corrected chi connectivity index (χ3v) is 14.5. The van der Waals surface area contributed by atoms with Gasteiger partial charge in [0.15, 0.2) is 6.61 Å². The number of nitrogens with two attached hydrogens (primary N) is 1. The molecular formula is C45H76N8O11S. The third kappa shape index (κ3) is 15.1. The molecule has 1 aliphatic heterocycles. The minimum Gasteiger partial charge on any atom is -0.484 e. The molecule has 2 fully saturated rings. The van der Waals surface area contributed by atoms with Crippen molar-refractivity contribution in [2.45, 2.75) is 141 Å². The van der Waals surface area contributed by atoms with Crippen LogP contribution in [0.15, 0.2) is 24.3 Å². The van der Waals surface area contributed by atoms with Gasteiger partial charge in [0.2, 0.25) is 33.7 Å². The molecule has 6 amide bonds. The number of benzene rings is 1. The highest BCUT2D eigenvalue weighted by atomic mass is 32.2. The van der Waals surface area contributed by atoms with Crippen LogP contribution in [0.5, 0.6) is 5.75 Å². The number of likely N-dealkylation sites (tertiary alicyclic amines) is 1. The molecule has 0 unspecified atom stereocenters. The quantitative estimate of drug-likeness (QED) is 0.0501. The number of rotatable bonds is 26. The van der Waals surface area contributed by atoms with E-state index in [1.165, 1.54) is 14.2 Å². The molecule has 1 aromatic carbocycles. The van der Waals surface area contributed by atoms with Crippen LogP contribution < -0.4 is 31.4 Å². The summed E-state index contributed by atoms with van der Waals surface area (Å²) in [6.45, 7) is 13.4. The highest BCUT2D eigenvalue weighted by molar-refractivity contribution is 7.90. The molecule has 0 bridgehead atoms. The van der Waals surface area contributed by atoms with E-state index < -0.39 is 81.3 Å². The maximum atomic E-state index is 14.4. The van der Waals surface area contributed by atoms with E-state index in [1.54, 1.807) is 48.0 Å². The first-order chi connectivity index (χ1) is 30.5. The Labute approximate surface area is 386 Å². The number of nitrogens with zero attached hydrogens (tertiary/aromatic N) is 3. The summed E-state index contributed by atoms with van der Waals surface area (Å²) in [5, 5.41) is 5.09. The summed E-state index contributed by atoms with van der Waals surface area (Å²) in [4.78, 5) is 86.5. The number of amides is 6. The van der Waals surface area contributed by atoms with Crippen molar-refractivity contribution < 1.29 is 51.4 Å². The van der Waals surface area contributed by atoms with E-state index in [0.29, 0.717) is 50.0 Å². The number of hydrazine groups is 1. The maximum absolute atomic E-state index is 14.4. The van der Waals surface area contributed by atoms with Crippen molar-refractivity contribution in [1.29, 1.82) is 0 Å². The zero-order chi connectivity index (χ0) is 48.9. The number of carbonyl (C=O) groups excluding carboxylic acids is 6. The van der Waals surface area contributed by atoms with Gasteiger partial charge in [0, 0.05) is 34.2 Å². The van der Waals surface area contributed by atoms with Crippen LogP contribution in [0.2, 0.25) is 0 Å². The predicted octanol–water partition coefficient (Wildman–Crippen LogP) is 1.34. The lowest BCUT2D eigenvalue weighted by molar-refractivity contribution is -0.148. The molecule has 2 aliphatic rings. The molecule has 1 aromatic rings. The van der Waals surface area contributed by atoms with Crippen LogP contribution in [-0.4, -0.2) is 155 Å². The number of likely N-dealkylation sites (N-methyl/N-ethyl adjacent to an activating group) is 2. The van der Waals surface area contributed by atoms with E-state index >= 15 is 0 Å². The van der Waals surface area contributed by atoms with Crippen LogP contribution in [0.1, 0.15) is 92.6 Å². The van der Waals surface area contributed by atoms with Crippen LogP contribution in [0.25, 0.3) is 0 Å². The number of sulfonamides is 1. The van der Waals surface area contributed by atoms with Gasteiger partial charge < -0.3 is 34.6 Å². The van der Waals surface area contributed by atoms with Crippen molar-refractivity contribution in [3.8, 4) is 5.75 Å². The molecule has 9 atom stereocenters. The molecular weight excluding hydrogens is 861 g/mol. The summed E-state index contributed by atoms with van der Waals surface area (Å²) in [6.07, 6.45) is 1.01. The molecule has 1 aliphatic carbocycles. The zero-order valence-electron chi connectivity index (χ0n) is 40.4. The second-order valence-electron chi connectivity index (χ2n) is 18.4. The zero-order valence-corrected chi connectivity index (χ0v) is 41.2. The average Bonchev–Trinajstić information content (AvgIpc) is 4.02. The van der Waals surface area contributed by atoms with Crippen LogP contribution in [-0.2, 0) is 54.7 Å². The number of methoxy groups -OCH3 is 2. The molecule has 1 saturated heterocycles. The fraction of sp³-hybridized carbons (Fsp3) is 0.733. The van der Waals surface area contributed by atoms with Gasteiger partial charge in [-0.1, -0.05) is 67.0 Å². The summed E-state index contributed by atoms with van der Waals surface area (Å²) >= 11 is 0. The fourth-order valence-electron chi connectivity index (χ4n) is 8.74. The minimum absolute atomic E-state index is 0.00433. The normalized spacial score (nSPS) is 19.1. The second-order valence-corrected chi connectivity index (χ2v) is 20.4. The van der Waals surface area contributed by atoms with Crippen molar-refractivity contribution >= 4 is 45.5 Å². The number of hydrogen-bond acceptors (Lipinski definition) is 13. The van der Waals surface area contributed by atoms with E-state index in [-0.39, 0.29) is 54.9 Å². The highest BCUT2D eigenvalue weighted by Gasteiger charge is 2.44. The molecule has 19 nitrogen and oxygen atoms in total. The van der Waals surface area contributed by atoms with Crippen molar-refractivity contribution in [3.63, 3.8) is 0 Å². The number of carbonyl (C=O) groups is 6. The van der Waals surface area contributed by atoms with Gasteiger partial charge in [0.05, 0.1) is 47.9 Å². The van der Waals surface area contributed by atoms with Gasteiger partial charge in [-0.2, -0.15) is 0 Å². The number of nitrogens with one attached hydrogen (secondary N) is 4. The topological polar surface area (TPSA) is 248 Å². The second kappa shape index (κ2) is 25.0. The molecule has 6 N–H and O–H groups in total. The molecule has 1 saturated carbocycles. The van der Waals surface area contributed by atoms with Crippen molar-refractivity contribution in [2.75, 3.05) is 48.5 Å². The summed E-state index contributed by atoms with van der Waals surface area (Å²) in [5.41, 5.74) is 2.54. The molecule has 1 heterocycles. The monoisotopic (exact) mass is 937 g/mol. The lowest BCUT2D eigenvalue weighted by Crippen LogP contribution is -2.59. The minimum atomic E-state index is -3.95. The van der Waals surface area contributed by atoms with Crippen LogP contribution >= 0.6 is 0 Å². The van der Waals surface area contributed by atoms with E-state index in [0.717, 1.165) is 0 Å². The maximum Gasteiger partial charge on any atom is 0.271 e. The van der Waals surface area contributed by atoms with Crippen molar-refractivity contribution in [2.24, 2.45) is 29.5 Å². The average molecular weight is 937 g/mol. The first-order valence-corrected chi connectivity index (χ1v) is 24.2. The first kappa shape index (κ1) is 55.0. The molecule has 0 spiro atoms. The van der Waals surface area contributed by atoms with E-state index in [2.05, 4.69) is 15.4 Å². The largest absolute Gasteiger partial charge is 0.484 e. The Balaban J connectivity index is 1.82. The van der Waals surface area contributed by atoms with Crippen LogP contribution in [0.4, 0.5) is 0 Å². The van der Waals surface area contributed by atoms with E-state index in [9.17, 15) is 37.2 Å². The smallest absolute Gasteiger partial charge is 0.271 e. The lowest BCUT2D eigenvalue weighted by Gasteiger charge is -2.41. The summed E-state index contributed by atoms with van der Waals surface area (Å²) in [7, 11) is 4.36. The molecule has 20 heteroatoms. The van der Waals surface area contributed by atoms with Gasteiger partial charge in [-0.15, -0.1) is 0 Å². The van der Waals surface area contributed by atoms with Gasteiger partial charge in [0.25, 0.3) is 11.8 Å². The molecule has 0 aromatic heterocycles. The predicted molar refractivity (Wildman–Crippen MR) is 245 cm³/mol. The van der Waals surface area contributed by atoms with Gasteiger partial charge in [-0.25, -0.2) is 14.3 Å². The Morgan fingerprint density at radius 2 is 1.49 bits per heavy atom. The van der Waals surface area contributed by atoms with Gasteiger partial charge >= 0.3 is 0 Å². The fourth-order valence-corrected chi connectivity index (χ4v) is 10.1. The van der Waals surface area contributed by atoms with Gasteiger partial charge in [0.1, 0.15) is 17.8 Å². The first-order valence-electron chi connectivity index (χ1n) is 22.7. The van der Waals surface area contributed by atoms with Crippen LogP contribution in [0, 0.1) is 23.7 Å². The van der Waals surface area contributed by atoms with Gasteiger partial charge in [-0.05, 0) is 75.2 Å². The molecule has 3 rings (SSSR count). The van der Waals surface area contributed by atoms with E-state index in [4.69, 9.17) is 20.1 Å². The Bertz CT molecular complexity index is 1870. The summed E-state index contributed by atoms with van der Waals surface area (Å²) in [6, 6.07) is 2.75. The summed E-state index contributed by atoms with van der Waals surface area (Å²) < 4.78 is 45.2. The molecule has 368 valence electrons. The van der Waals surface area contributed by atoms with Crippen molar-refractivity contribution in [3.05, 3.63) is 29.8 Å². The summed E-state index contributed by atoms with van der Waals surface area (Å²) in [5.74, 6) is 1.43. The molecule has 65 heavy (non-hydrogen) atoms. The lowest BCUT2D eigenvalue weighted by atomic mass is 9.89. The SMILES string of the molecule is CC[C@H](C)[C@@H]([C@@H](CC(=O)N1CCC[C@H]1[C@H](OC)[C@@H](C)C(=O)N[C@@H](Cc1ccc(OCC(=O)NN)cc1)C(=O)NS(=O)(=O)C1CC1)OC)N(C)C(=O)[C@@H](NC(=O)[C@H](C(C)C)N(C)C)C(C)C. The number of ether oxygens (including phenoxy) is 3. The Morgan fingerprint density at radius 1 is 0.862 bits per heavy atom. The Kier molecular flexibility index (Phi) is 21.1. The van der Waals surface area contributed by atoms with E-state index in [1.807, 2.05) is 66.0 Å². The van der Waals surface area contributed by atoms with Crippen molar-refractivity contribution in [1.82, 2.24) is 35.5 Å². The van der Waals surface area contributed by atoms with Crippen LogP contribution in [0.3, 0.4) is 0 Å². The standard InChI is InChI=1S/C45H76N8O11S/c1-13-28(6)40(52(10)45(59)38(26(2)3)48-44(58)39(27(4)5)51(8)9)35(62-11)24-37(55)53-22-14-15-34(53)41(63-12)29(7)42(56)47-33(43(57)50-65(60,61)32-20-21-32)23-30-16-18-31(19-17-30)64-25-36(54)49-46/h16-19,26-29,32-35,38-41H,13-15,20-25,46H2,1-12H3,(H,47,56)(H,48,58)(H,49,54)(H,50,57)/t28-,29+,33-,34-,35+,38-,39-,40-,41+/m0/s1. The molecule has 0 radical (unpaired) electrons. The highest BCUT2D eigenvalue weighted by Crippen LogP contribution is 2.31. The van der Waals surface area contributed by atoms with Gasteiger partial charge in [-0.3, -0.25) is 43.8 Å². The Morgan fingerprint density at radius 3 is 2.00 bits per heavy atom. The third-order valence-electron chi connectivity index (χ3n) is 12.7.